The Morgan fingerprint density at radius 1 is 1.33 bits per heavy atom. The fourth-order valence-corrected chi connectivity index (χ4v) is 2.14. The van der Waals surface area contributed by atoms with Gasteiger partial charge < -0.3 is 4.74 Å². The SMILES string of the molecule is CCCC1CC(C(=O)OCc2ccccc2)NN1. The van der Waals surface area contributed by atoms with E-state index in [1.165, 1.54) is 0 Å². The van der Waals surface area contributed by atoms with Crippen molar-refractivity contribution in [3.05, 3.63) is 35.9 Å². The van der Waals surface area contributed by atoms with Crippen molar-refractivity contribution in [2.75, 3.05) is 0 Å². The van der Waals surface area contributed by atoms with Crippen LogP contribution in [0.3, 0.4) is 0 Å². The van der Waals surface area contributed by atoms with Crippen LogP contribution in [0, 0.1) is 0 Å². The summed E-state index contributed by atoms with van der Waals surface area (Å²) in [5.41, 5.74) is 7.15. The molecule has 1 aromatic rings. The summed E-state index contributed by atoms with van der Waals surface area (Å²) < 4.78 is 5.30. The van der Waals surface area contributed by atoms with Crippen molar-refractivity contribution >= 4 is 5.97 Å². The molecule has 98 valence electrons. The van der Waals surface area contributed by atoms with Gasteiger partial charge in [-0.25, -0.2) is 5.43 Å². The van der Waals surface area contributed by atoms with Gasteiger partial charge in [-0.1, -0.05) is 43.7 Å². The van der Waals surface area contributed by atoms with Crippen LogP contribution in [0.5, 0.6) is 0 Å². The second kappa shape index (κ2) is 6.52. The molecular weight excluding hydrogens is 228 g/mol. The first kappa shape index (κ1) is 13.1. The molecule has 1 heterocycles. The lowest BCUT2D eigenvalue weighted by Gasteiger charge is -2.09. The summed E-state index contributed by atoms with van der Waals surface area (Å²) in [6, 6.07) is 9.89. The topological polar surface area (TPSA) is 50.4 Å². The molecule has 2 unspecified atom stereocenters. The first-order valence-electron chi connectivity index (χ1n) is 6.51. The Hall–Kier alpha value is -1.39. The van der Waals surface area contributed by atoms with Crippen molar-refractivity contribution in [2.24, 2.45) is 0 Å². The summed E-state index contributed by atoms with van der Waals surface area (Å²) in [6.45, 7) is 2.49. The minimum atomic E-state index is -0.217. The molecule has 0 amide bonds. The highest BCUT2D eigenvalue weighted by molar-refractivity contribution is 5.76. The predicted molar refractivity (Wildman–Crippen MR) is 69.6 cm³/mol. The lowest BCUT2D eigenvalue weighted by molar-refractivity contribution is -0.147. The van der Waals surface area contributed by atoms with Gasteiger partial charge >= 0.3 is 5.97 Å². The fraction of sp³-hybridized carbons (Fsp3) is 0.500. The Morgan fingerprint density at radius 3 is 2.83 bits per heavy atom. The van der Waals surface area contributed by atoms with Crippen molar-refractivity contribution in [3.63, 3.8) is 0 Å². The van der Waals surface area contributed by atoms with Gasteiger partial charge in [0, 0.05) is 6.04 Å². The Balaban J connectivity index is 1.76. The van der Waals surface area contributed by atoms with Gasteiger partial charge in [-0.2, -0.15) is 0 Å². The van der Waals surface area contributed by atoms with E-state index in [2.05, 4.69) is 17.8 Å². The van der Waals surface area contributed by atoms with Gasteiger partial charge in [0.05, 0.1) is 0 Å². The maximum absolute atomic E-state index is 11.8. The summed E-state index contributed by atoms with van der Waals surface area (Å²) in [6.07, 6.45) is 3.00. The maximum atomic E-state index is 11.8. The second-order valence-corrected chi connectivity index (χ2v) is 4.66. The monoisotopic (exact) mass is 248 g/mol. The standard InChI is InChI=1S/C14H20N2O2/c1-2-6-12-9-13(16-15-12)14(17)18-10-11-7-4-3-5-8-11/h3-5,7-8,12-13,15-16H,2,6,9-10H2,1H3. The molecule has 2 rings (SSSR count). The first-order valence-corrected chi connectivity index (χ1v) is 6.51. The highest BCUT2D eigenvalue weighted by Gasteiger charge is 2.29. The smallest absolute Gasteiger partial charge is 0.324 e. The third-order valence-corrected chi connectivity index (χ3v) is 3.13. The minimum absolute atomic E-state index is 0.176. The summed E-state index contributed by atoms with van der Waals surface area (Å²) in [5.74, 6) is -0.176. The zero-order valence-corrected chi connectivity index (χ0v) is 10.7. The number of hydrogen-bond acceptors (Lipinski definition) is 4. The zero-order valence-electron chi connectivity index (χ0n) is 10.7. The van der Waals surface area contributed by atoms with E-state index >= 15 is 0 Å². The lowest BCUT2D eigenvalue weighted by Crippen LogP contribution is -2.38. The number of nitrogens with one attached hydrogen (secondary N) is 2. The fourth-order valence-electron chi connectivity index (χ4n) is 2.14. The molecule has 4 heteroatoms. The average molecular weight is 248 g/mol. The normalized spacial score (nSPS) is 22.9. The van der Waals surface area contributed by atoms with Gasteiger partial charge in [0.1, 0.15) is 12.6 Å². The zero-order chi connectivity index (χ0) is 12.8. The molecule has 0 aliphatic carbocycles. The van der Waals surface area contributed by atoms with Crippen molar-refractivity contribution in [2.45, 2.75) is 44.9 Å². The number of hydrazine groups is 1. The lowest BCUT2D eigenvalue weighted by atomic mass is 10.1. The quantitative estimate of drug-likeness (QED) is 0.780. The van der Waals surface area contributed by atoms with Crippen LogP contribution < -0.4 is 10.9 Å². The molecule has 0 aromatic heterocycles. The number of carbonyl (C=O) groups excluding carboxylic acids is 1. The van der Waals surface area contributed by atoms with Crippen molar-refractivity contribution < 1.29 is 9.53 Å². The van der Waals surface area contributed by atoms with E-state index in [0.717, 1.165) is 24.8 Å². The van der Waals surface area contributed by atoms with E-state index in [0.29, 0.717) is 12.6 Å². The maximum Gasteiger partial charge on any atom is 0.324 e. The van der Waals surface area contributed by atoms with E-state index in [9.17, 15) is 4.79 Å². The number of benzene rings is 1. The molecule has 0 bridgehead atoms. The molecule has 0 radical (unpaired) electrons. The third-order valence-electron chi connectivity index (χ3n) is 3.13. The first-order chi connectivity index (χ1) is 8.79. The van der Waals surface area contributed by atoms with E-state index in [1.807, 2.05) is 30.3 Å². The van der Waals surface area contributed by atoms with Crippen LogP contribution in [0.25, 0.3) is 0 Å². The van der Waals surface area contributed by atoms with Crippen LogP contribution in [0.4, 0.5) is 0 Å². The number of carbonyl (C=O) groups is 1. The summed E-state index contributed by atoms with van der Waals surface area (Å²) >= 11 is 0. The summed E-state index contributed by atoms with van der Waals surface area (Å²) in [4.78, 5) is 11.8. The van der Waals surface area contributed by atoms with Crippen LogP contribution in [-0.4, -0.2) is 18.1 Å². The average Bonchev–Trinajstić information content (AvgIpc) is 2.86. The van der Waals surface area contributed by atoms with Gasteiger partial charge in [-0.05, 0) is 18.4 Å². The molecule has 0 spiro atoms. The van der Waals surface area contributed by atoms with Crippen LogP contribution in [0.1, 0.15) is 31.7 Å². The van der Waals surface area contributed by atoms with Crippen molar-refractivity contribution in [1.29, 1.82) is 0 Å². The van der Waals surface area contributed by atoms with E-state index in [1.54, 1.807) is 0 Å². The van der Waals surface area contributed by atoms with Crippen LogP contribution >= 0.6 is 0 Å². The molecule has 18 heavy (non-hydrogen) atoms. The molecule has 2 N–H and O–H groups in total. The molecule has 1 aliphatic heterocycles. The van der Waals surface area contributed by atoms with Crippen LogP contribution in [0.15, 0.2) is 30.3 Å². The van der Waals surface area contributed by atoms with Crippen LogP contribution in [0.2, 0.25) is 0 Å². The molecule has 0 saturated carbocycles. The van der Waals surface area contributed by atoms with Gasteiger partial charge in [-0.3, -0.25) is 10.2 Å². The van der Waals surface area contributed by atoms with Crippen molar-refractivity contribution in [3.8, 4) is 0 Å². The molecule has 1 aliphatic rings. The summed E-state index contributed by atoms with van der Waals surface area (Å²) in [7, 11) is 0. The molecule has 4 nitrogen and oxygen atoms in total. The third kappa shape index (κ3) is 3.55. The van der Waals surface area contributed by atoms with Gasteiger partial charge in [0.2, 0.25) is 0 Å². The molecule has 2 atom stereocenters. The highest BCUT2D eigenvalue weighted by atomic mass is 16.5. The second-order valence-electron chi connectivity index (χ2n) is 4.66. The highest BCUT2D eigenvalue weighted by Crippen LogP contribution is 2.12. The summed E-state index contributed by atoms with van der Waals surface area (Å²) in [5, 5.41) is 0. The number of esters is 1. The van der Waals surface area contributed by atoms with Gasteiger partial charge in [0.25, 0.3) is 0 Å². The number of hydrogen-bond donors (Lipinski definition) is 2. The number of rotatable bonds is 5. The van der Waals surface area contributed by atoms with Crippen molar-refractivity contribution in [1.82, 2.24) is 10.9 Å². The van der Waals surface area contributed by atoms with E-state index in [4.69, 9.17) is 4.74 Å². The molecule has 1 fully saturated rings. The Labute approximate surface area is 108 Å². The largest absolute Gasteiger partial charge is 0.460 e. The number of ether oxygens (including phenoxy) is 1. The molecular formula is C14H20N2O2. The van der Waals surface area contributed by atoms with Crippen LogP contribution in [-0.2, 0) is 16.1 Å². The van der Waals surface area contributed by atoms with E-state index in [-0.39, 0.29) is 12.0 Å². The Kier molecular flexibility index (Phi) is 4.73. The predicted octanol–water partition coefficient (Wildman–Crippen LogP) is 1.76. The molecule has 1 aromatic carbocycles. The molecule has 1 saturated heterocycles. The van der Waals surface area contributed by atoms with Gasteiger partial charge in [0.15, 0.2) is 0 Å². The van der Waals surface area contributed by atoms with Gasteiger partial charge in [-0.15, -0.1) is 0 Å². The minimum Gasteiger partial charge on any atom is -0.460 e. The Morgan fingerprint density at radius 2 is 2.11 bits per heavy atom. The van der Waals surface area contributed by atoms with E-state index < -0.39 is 0 Å². The Bertz CT molecular complexity index is 381.